The smallest absolute Gasteiger partial charge is 0.121 e. The Balaban J connectivity index is 1.29. The molecule has 4 nitrogen and oxygen atoms in total. The molecule has 5 heteroatoms. The fourth-order valence-electron chi connectivity index (χ4n) is 4.21. The molecule has 0 amide bonds. The third kappa shape index (κ3) is 4.70. The molecule has 0 aliphatic carbocycles. The molecule has 4 rings (SSSR count). The summed E-state index contributed by atoms with van der Waals surface area (Å²) in [5, 5.41) is 0. The van der Waals surface area contributed by atoms with Gasteiger partial charge in [0, 0.05) is 49.0 Å². The van der Waals surface area contributed by atoms with Crippen molar-refractivity contribution < 1.29 is 9.47 Å². The zero-order valence-electron chi connectivity index (χ0n) is 16.6. The molecule has 0 radical (unpaired) electrons. The summed E-state index contributed by atoms with van der Waals surface area (Å²) in [5.41, 5.74) is 4.08. The Morgan fingerprint density at radius 2 is 1.96 bits per heavy atom. The molecule has 0 aromatic heterocycles. The molecule has 1 atom stereocenters. The quantitative estimate of drug-likeness (QED) is 0.645. The van der Waals surface area contributed by atoms with Crippen molar-refractivity contribution in [2.45, 2.75) is 25.9 Å². The average molecular weight is 445 g/mol. The summed E-state index contributed by atoms with van der Waals surface area (Å²) in [7, 11) is 0. The van der Waals surface area contributed by atoms with E-state index in [4.69, 9.17) is 9.47 Å². The lowest BCUT2D eigenvalue weighted by Crippen LogP contribution is -2.46. The van der Waals surface area contributed by atoms with E-state index >= 15 is 0 Å². The maximum atomic E-state index is 6.10. The van der Waals surface area contributed by atoms with Gasteiger partial charge in [-0.2, -0.15) is 0 Å². The van der Waals surface area contributed by atoms with Gasteiger partial charge in [-0.1, -0.05) is 28.1 Å². The zero-order chi connectivity index (χ0) is 19.3. The largest absolute Gasteiger partial charge is 0.494 e. The molecule has 2 aliphatic heterocycles. The zero-order valence-corrected chi connectivity index (χ0v) is 18.2. The number of rotatable bonds is 6. The van der Waals surface area contributed by atoms with Crippen molar-refractivity contribution >= 4 is 21.6 Å². The number of halogens is 1. The Hall–Kier alpha value is -1.56. The van der Waals surface area contributed by atoms with E-state index in [0.29, 0.717) is 6.61 Å². The Morgan fingerprint density at radius 3 is 2.79 bits per heavy atom. The van der Waals surface area contributed by atoms with Crippen LogP contribution in [0, 0.1) is 0 Å². The molecule has 2 heterocycles. The summed E-state index contributed by atoms with van der Waals surface area (Å²) in [6, 6.07) is 15.1. The monoisotopic (exact) mass is 444 g/mol. The molecule has 0 bridgehead atoms. The number of ether oxygens (including phenoxy) is 2. The van der Waals surface area contributed by atoms with Gasteiger partial charge in [-0.05, 0) is 55.2 Å². The highest BCUT2D eigenvalue weighted by Gasteiger charge is 2.23. The second kappa shape index (κ2) is 9.29. The lowest BCUT2D eigenvalue weighted by molar-refractivity contribution is 0.0289. The summed E-state index contributed by atoms with van der Waals surface area (Å²) < 4.78 is 12.9. The summed E-state index contributed by atoms with van der Waals surface area (Å²) >= 11 is 3.59. The Kier molecular flexibility index (Phi) is 6.55. The maximum absolute atomic E-state index is 6.10. The van der Waals surface area contributed by atoms with E-state index in [9.17, 15) is 0 Å². The van der Waals surface area contributed by atoms with E-state index in [1.807, 2.05) is 13.0 Å². The first kappa shape index (κ1) is 19.7. The fraction of sp³-hybridized carbons (Fsp3) is 0.478. The highest BCUT2D eigenvalue weighted by molar-refractivity contribution is 9.10. The van der Waals surface area contributed by atoms with Crippen LogP contribution in [0.15, 0.2) is 46.9 Å². The first-order valence-corrected chi connectivity index (χ1v) is 11.1. The van der Waals surface area contributed by atoms with E-state index in [-0.39, 0.29) is 6.10 Å². The molecule has 1 saturated heterocycles. The summed E-state index contributed by atoms with van der Waals surface area (Å²) in [4.78, 5) is 5.03. The van der Waals surface area contributed by atoms with Gasteiger partial charge < -0.3 is 14.4 Å². The molecule has 28 heavy (non-hydrogen) atoms. The van der Waals surface area contributed by atoms with Crippen molar-refractivity contribution in [2.75, 3.05) is 50.8 Å². The highest BCUT2D eigenvalue weighted by Crippen LogP contribution is 2.32. The molecule has 2 aromatic rings. The minimum absolute atomic E-state index is 0.234. The van der Waals surface area contributed by atoms with Crippen molar-refractivity contribution in [2.24, 2.45) is 0 Å². The molecule has 1 unspecified atom stereocenters. The lowest BCUT2D eigenvalue weighted by Gasteiger charge is -2.37. The minimum atomic E-state index is 0.234. The molecule has 1 fully saturated rings. The van der Waals surface area contributed by atoms with Gasteiger partial charge in [-0.15, -0.1) is 0 Å². The van der Waals surface area contributed by atoms with E-state index < -0.39 is 0 Å². The van der Waals surface area contributed by atoms with Gasteiger partial charge in [0.05, 0.1) is 19.3 Å². The van der Waals surface area contributed by atoms with Crippen LogP contribution in [0.3, 0.4) is 0 Å². The molecule has 2 aliphatic rings. The predicted molar refractivity (Wildman–Crippen MR) is 117 cm³/mol. The van der Waals surface area contributed by atoms with Crippen molar-refractivity contribution in [3.63, 3.8) is 0 Å². The SMILES string of the molecule is CCOc1cccc(N2CCN(CCC3OCCc4cc(Br)ccc43)CC2)c1. The van der Waals surface area contributed by atoms with Crippen LogP contribution in [-0.2, 0) is 11.2 Å². The summed E-state index contributed by atoms with van der Waals surface area (Å²) in [6.07, 6.45) is 2.32. The van der Waals surface area contributed by atoms with Crippen LogP contribution in [0.2, 0.25) is 0 Å². The van der Waals surface area contributed by atoms with Crippen LogP contribution in [0.5, 0.6) is 5.75 Å². The number of fused-ring (bicyclic) bond motifs is 1. The van der Waals surface area contributed by atoms with E-state index in [2.05, 4.69) is 62.1 Å². The fourth-order valence-corrected chi connectivity index (χ4v) is 4.62. The van der Waals surface area contributed by atoms with Crippen LogP contribution in [0.25, 0.3) is 0 Å². The number of anilines is 1. The predicted octanol–water partition coefficient (Wildman–Crippen LogP) is 4.67. The van der Waals surface area contributed by atoms with Gasteiger partial charge in [0.15, 0.2) is 0 Å². The number of nitrogens with zero attached hydrogens (tertiary/aromatic N) is 2. The number of hydrogen-bond acceptors (Lipinski definition) is 4. The first-order valence-electron chi connectivity index (χ1n) is 10.3. The second-order valence-corrected chi connectivity index (χ2v) is 8.42. The second-order valence-electron chi connectivity index (χ2n) is 7.50. The van der Waals surface area contributed by atoms with Gasteiger partial charge in [-0.3, -0.25) is 4.90 Å². The van der Waals surface area contributed by atoms with Crippen LogP contribution in [-0.4, -0.2) is 50.8 Å². The number of benzene rings is 2. The molecule has 0 N–H and O–H groups in total. The summed E-state index contributed by atoms with van der Waals surface area (Å²) in [6.45, 7) is 8.97. The van der Waals surface area contributed by atoms with Crippen molar-refractivity contribution in [3.05, 3.63) is 58.1 Å². The first-order chi connectivity index (χ1) is 13.7. The lowest BCUT2D eigenvalue weighted by atomic mass is 9.95. The van der Waals surface area contributed by atoms with E-state index in [1.165, 1.54) is 16.8 Å². The molecule has 0 saturated carbocycles. The normalized spacial score (nSPS) is 20.1. The maximum Gasteiger partial charge on any atom is 0.121 e. The standard InChI is InChI=1S/C23H29BrN2O2/c1-2-27-21-5-3-4-20(17-21)26-13-11-25(12-14-26)10-8-23-22-7-6-19(24)16-18(22)9-15-28-23/h3-7,16-17,23H,2,8-15H2,1H3. The third-order valence-corrected chi connectivity index (χ3v) is 6.21. The van der Waals surface area contributed by atoms with Gasteiger partial charge in [0.25, 0.3) is 0 Å². The van der Waals surface area contributed by atoms with Crippen LogP contribution >= 0.6 is 15.9 Å². The van der Waals surface area contributed by atoms with Gasteiger partial charge in [0.1, 0.15) is 5.75 Å². The molecule has 0 spiro atoms. The van der Waals surface area contributed by atoms with E-state index in [0.717, 1.165) is 62.4 Å². The third-order valence-electron chi connectivity index (χ3n) is 5.72. The van der Waals surface area contributed by atoms with Crippen molar-refractivity contribution in [1.82, 2.24) is 4.90 Å². The molecular formula is C23H29BrN2O2. The molecule has 2 aromatic carbocycles. The van der Waals surface area contributed by atoms with Gasteiger partial charge in [-0.25, -0.2) is 0 Å². The van der Waals surface area contributed by atoms with E-state index in [1.54, 1.807) is 0 Å². The van der Waals surface area contributed by atoms with Crippen molar-refractivity contribution in [3.8, 4) is 5.75 Å². The minimum Gasteiger partial charge on any atom is -0.494 e. The topological polar surface area (TPSA) is 24.9 Å². The van der Waals surface area contributed by atoms with Gasteiger partial charge in [0.2, 0.25) is 0 Å². The van der Waals surface area contributed by atoms with Crippen LogP contribution in [0.4, 0.5) is 5.69 Å². The average Bonchev–Trinajstić information content (AvgIpc) is 2.73. The number of hydrogen-bond donors (Lipinski definition) is 0. The van der Waals surface area contributed by atoms with Gasteiger partial charge >= 0.3 is 0 Å². The number of piperazine rings is 1. The molecule has 150 valence electrons. The van der Waals surface area contributed by atoms with Crippen LogP contribution < -0.4 is 9.64 Å². The highest BCUT2D eigenvalue weighted by atomic mass is 79.9. The molecular weight excluding hydrogens is 416 g/mol. The Bertz CT molecular complexity index is 790. The Labute approximate surface area is 176 Å². The summed E-state index contributed by atoms with van der Waals surface area (Å²) in [5.74, 6) is 0.960. The van der Waals surface area contributed by atoms with Crippen molar-refractivity contribution in [1.29, 1.82) is 0 Å². The Morgan fingerprint density at radius 1 is 1.11 bits per heavy atom. The van der Waals surface area contributed by atoms with Crippen LogP contribution in [0.1, 0.15) is 30.6 Å².